The molecule has 0 amide bonds. The van der Waals surface area contributed by atoms with E-state index in [1.807, 2.05) is 0 Å². The van der Waals surface area contributed by atoms with Crippen LogP contribution in [0.25, 0.3) is 0 Å². The molecule has 1 aromatic carbocycles. The van der Waals surface area contributed by atoms with E-state index in [0.717, 1.165) is 0 Å². The summed E-state index contributed by atoms with van der Waals surface area (Å²) in [7, 11) is 0. The molecule has 0 unspecified atom stereocenters. The van der Waals surface area contributed by atoms with Crippen molar-refractivity contribution in [2.45, 2.75) is 6.54 Å². The van der Waals surface area contributed by atoms with Gasteiger partial charge in [-0.25, -0.2) is 0 Å². The Morgan fingerprint density at radius 2 is 1.70 bits per heavy atom. The number of nitrogens with one attached hydrogen (secondary N) is 1. The maximum absolute atomic E-state index is 7.06. The fourth-order valence-corrected chi connectivity index (χ4v) is 1.23. The highest BCUT2D eigenvalue weighted by Gasteiger charge is 2.01. The highest BCUT2D eigenvalue weighted by atomic mass is 35.5. The van der Waals surface area contributed by atoms with E-state index in [1.165, 1.54) is 0 Å². The van der Waals surface area contributed by atoms with Crippen LogP contribution >= 0.6 is 23.2 Å². The summed E-state index contributed by atoms with van der Waals surface area (Å²) in [4.78, 5) is 0. The molecular weight excluding hydrogens is 169 g/mol. The van der Waals surface area contributed by atoms with Crippen molar-refractivity contribution in [2.75, 3.05) is 0 Å². The van der Waals surface area contributed by atoms with E-state index in [1.54, 1.807) is 18.2 Å². The first-order chi connectivity index (χ1) is 4.75. The van der Waals surface area contributed by atoms with Crippen molar-refractivity contribution in [2.24, 2.45) is 0 Å². The normalized spacial score (nSPS) is 9.90. The van der Waals surface area contributed by atoms with E-state index in [2.05, 4.69) is 0 Å². The van der Waals surface area contributed by atoms with Crippen molar-refractivity contribution in [3.63, 3.8) is 0 Å². The van der Waals surface area contributed by atoms with Gasteiger partial charge in [-0.2, -0.15) is 0 Å². The fourth-order valence-electron chi connectivity index (χ4n) is 0.701. The first-order valence-electron chi connectivity index (χ1n) is 2.83. The van der Waals surface area contributed by atoms with Gasteiger partial charge in [0.15, 0.2) is 0 Å². The van der Waals surface area contributed by atoms with Gasteiger partial charge in [0, 0.05) is 22.2 Å². The minimum atomic E-state index is 0.137. The molecule has 0 bridgehead atoms. The van der Waals surface area contributed by atoms with Crippen LogP contribution in [0.3, 0.4) is 0 Å². The predicted molar refractivity (Wildman–Crippen MR) is 43.3 cm³/mol. The molecule has 10 heavy (non-hydrogen) atoms. The maximum Gasteiger partial charge on any atom is 0.0466 e. The lowest BCUT2D eigenvalue weighted by atomic mass is 10.2. The Hall–Kier alpha value is -0.240. The summed E-state index contributed by atoms with van der Waals surface area (Å²) < 4.78 is 0. The molecule has 0 heterocycles. The summed E-state index contributed by atoms with van der Waals surface area (Å²) in [5, 5.41) is 1.14. The second-order valence-electron chi connectivity index (χ2n) is 1.88. The Morgan fingerprint density at radius 3 is 2.00 bits per heavy atom. The SMILES string of the molecule is [NH]Cc1c(Cl)cccc1Cl. The molecule has 0 saturated heterocycles. The molecule has 0 atom stereocenters. The Kier molecular flexibility index (Phi) is 2.55. The van der Waals surface area contributed by atoms with Crippen molar-refractivity contribution in [3.8, 4) is 0 Å². The van der Waals surface area contributed by atoms with Crippen LogP contribution in [-0.2, 0) is 6.54 Å². The largest absolute Gasteiger partial charge is 0.253 e. The second-order valence-corrected chi connectivity index (χ2v) is 2.69. The Labute approximate surface area is 69.7 Å². The van der Waals surface area contributed by atoms with Gasteiger partial charge >= 0.3 is 0 Å². The minimum Gasteiger partial charge on any atom is -0.253 e. The van der Waals surface area contributed by atoms with Gasteiger partial charge in [0.25, 0.3) is 0 Å². The van der Waals surface area contributed by atoms with Crippen LogP contribution in [0.15, 0.2) is 18.2 Å². The maximum atomic E-state index is 7.06. The second kappa shape index (κ2) is 3.24. The molecule has 53 valence electrons. The summed E-state index contributed by atoms with van der Waals surface area (Å²) in [6, 6.07) is 5.23. The molecule has 0 aliphatic rings. The van der Waals surface area contributed by atoms with Crippen molar-refractivity contribution < 1.29 is 0 Å². The van der Waals surface area contributed by atoms with Gasteiger partial charge in [-0.05, 0) is 12.1 Å². The van der Waals surface area contributed by atoms with Gasteiger partial charge in [0.1, 0.15) is 0 Å². The average molecular weight is 175 g/mol. The number of halogens is 2. The van der Waals surface area contributed by atoms with Crippen LogP contribution in [-0.4, -0.2) is 0 Å². The lowest BCUT2D eigenvalue weighted by Gasteiger charge is -2.00. The van der Waals surface area contributed by atoms with Crippen molar-refractivity contribution in [1.29, 1.82) is 0 Å². The third-order valence-corrected chi connectivity index (χ3v) is 1.95. The zero-order chi connectivity index (χ0) is 7.56. The summed E-state index contributed by atoms with van der Waals surface area (Å²) in [5.41, 5.74) is 7.76. The quantitative estimate of drug-likeness (QED) is 0.626. The molecule has 1 aromatic rings. The summed E-state index contributed by atoms with van der Waals surface area (Å²) in [6.45, 7) is 0.137. The smallest absolute Gasteiger partial charge is 0.0466 e. The first kappa shape index (κ1) is 7.86. The van der Waals surface area contributed by atoms with Gasteiger partial charge in [0.05, 0.1) is 0 Å². The number of rotatable bonds is 1. The van der Waals surface area contributed by atoms with Gasteiger partial charge in [0.2, 0.25) is 0 Å². The molecule has 1 rings (SSSR count). The van der Waals surface area contributed by atoms with Gasteiger partial charge < -0.3 is 0 Å². The standard InChI is InChI=1S/C7H6Cl2N/c8-6-2-1-3-7(9)5(6)4-10/h1-3,10H,4H2. The monoisotopic (exact) mass is 174 g/mol. The van der Waals surface area contributed by atoms with Crippen molar-refractivity contribution in [3.05, 3.63) is 33.8 Å². The van der Waals surface area contributed by atoms with Gasteiger partial charge in [-0.1, -0.05) is 29.3 Å². The zero-order valence-electron chi connectivity index (χ0n) is 5.20. The summed E-state index contributed by atoms with van der Waals surface area (Å²) >= 11 is 11.5. The minimum absolute atomic E-state index is 0.137. The molecule has 0 aliphatic heterocycles. The lowest BCUT2D eigenvalue weighted by Crippen LogP contribution is -1.86. The Morgan fingerprint density at radius 1 is 1.20 bits per heavy atom. The van der Waals surface area contributed by atoms with E-state index in [-0.39, 0.29) is 6.54 Å². The molecule has 1 N–H and O–H groups in total. The highest BCUT2D eigenvalue weighted by molar-refractivity contribution is 6.35. The van der Waals surface area contributed by atoms with Crippen LogP contribution in [0.1, 0.15) is 5.56 Å². The lowest BCUT2D eigenvalue weighted by molar-refractivity contribution is 1.03. The number of hydrogen-bond donors (Lipinski definition) is 0. The number of hydrogen-bond acceptors (Lipinski definition) is 0. The molecule has 0 aromatic heterocycles. The molecule has 1 radical (unpaired) electrons. The van der Waals surface area contributed by atoms with E-state index in [9.17, 15) is 0 Å². The zero-order valence-corrected chi connectivity index (χ0v) is 6.71. The third-order valence-electron chi connectivity index (χ3n) is 1.24. The van der Waals surface area contributed by atoms with E-state index >= 15 is 0 Å². The molecule has 0 saturated carbocycles. The van der Waals surface area contributed by atoms with E-state index in [4.69, 9.17) is 28.9 Å². The van der Waals surface area contributed by atoms with E-state index in [0.29, 0.717) is 15.6 Å². The van der Waals surface area contributed by atoms with Crippen LogP contribution in [0.4, 0.5) is 0 Å². The number of benzene rings is 1. The van der Waals surface area contributed by atoms with E-state index < -0.39 is 0 Å². The highest BCUT2D eigenvalue weighted by Crippen LogP contribution is 2.23. The van der Waals surface area contributed by atoms with Crippen LogP contribution in [0.5, 0.6) is 0 Å². The first-order valence-corrected chi connectivity index (χ1v) is 3.59. The molecule has 0 fully saturated rings. The van der Waals surface area contributed by atoms with Crippen molar-refractivity contribution >= 4 is 23.2 Å². The predicted octanol–water partition coefficient (Wildman–Crippen LogP) is 2.78. The Bertz CT molecular complexity index is 215. The molecule has 0 spiro atoms. The van der Waals surface area contributed by atoms with Gasteiger partial charge in [-0.3, -0.25) is 5.73 Å². The topological polar surface area (TPSA) is 23.8 Å². The van der Waals surface area contributed by atoms with Gasteiger partial charge in [-0.15, -0.1) is 0 Å². The Balaban J connectivity index is 3.17. The van der Waals surface area contributed by atoms with Crippen LogP contribution < -0.4 is 5.73 Å². The molecule has 0 aliphatic carbocycles. The summed E-state index contributed by atoms with van der Waals surface area (Å²) in [5.74, 6) is 0. The summed E-state index contributed by atoms with van der Waals surface area (Å²) in [6.07, 6.45) is 0. The average Bonchev–Trinajstić information content (AvgIpc) is 1.88. The molecule has 3 heteroatoms. The van der Waals surface area contributed by atoms with Crippen molar-refractivity contribution in [1.82, 2.24) is 5.73 Å². The van der Waals surface area contributed by atoms with Crippen LogP contribution in [0.2, 0.25) is 10.0 Å². The van der Waals surface area contributed by atoms with Crippen LogP contribution in [0, 0.1) is 0 Å². The fraction of sp³-hybridized carbons (Fsp3) is 0.143. The molecular formula is C7H6Cl2N. The molecule has 1 nitrogen and oxygen atoms in total. The third kappa shape index (κ3) is 1.43.